The van der Waals surface area contributed by atoms with E-state index in [-0.39, 0.29) is 5.54 Å². The molecule has 112 valence electrons. The number of methoxy groups -OCH3 is 1. The Hall–Kier alpha value is -1.65. The fourth-order valence-corrected chi connectivity index (χ4v) is 3.16. The Kier molecular flexibility index (Phi) is 3.83. The lowest BCUT2D eigenvalue weighted by Gasteiger charge is -2.31. The molecule has 2 heterocycles. The van der Waals surface area contributed by atoms with Gasteiger partial charge in [0, 0.05) is 37.9 Å². The van der Waals surface area contributed by atoms with E-state index in [0.29, 0.717) is 6.61 Å². The molecule has 1 aliphatic rings. The van der Waals surface area contributed by atoms with Gasteiger partial charge in [-0.15, -0.1) is 0 Å². The molecule has 1 N–H and O–H groups in total. The SMILES string of the molecule is COCC(C)(C)n1c(-c2ccccc2)nc2c1CCNC2. The summed E-state index contributed by atoms with van der Waals surface area (Å²) in [5.41, 5.74) is 3.56. The molecule has 0 spiro atoms. The lowest BCUT2D eigenvalue weighted by atomic mass is 10.0. The van der Waals surface area contributed by atoms with Crippen molar-refractivity contribution in [2.45, 2.75) is 32.4 Å². The number of ether oxygens (including phenoxy) is 1. The van der Waals surface area contributed by atoms with E-state index in [1.807, 2.05) is 6.07 Å². The summed E-state index contributed by atoms with van der Waals surface area (Å²) in [6.45, 7) is 6.96. The molecule has 1 aromatic heterocycles. The van der Waals surface area contributed by atoms with E-state index in [1.54, 1.807) is 7.11 Å². The van der Waals surface area contributed by atoms with Crippen LogP contribution in [0.25, 0.3) is 11.4 Å². The summed E-state index contributed by atoms with van der Waals surface area (Å²) in [6.07, 6.45) is 1.02. The lowest BCUT2D eigenvalue weighted by Crippen LogP contribution is -2.35. The summed E-state index contributed by atoms with van der Waals surface area (Å²) in [6, 6.07) is 10.4. The number of hydrogen-bond donors (Lipinski definition) is 1. The van der Waals surface area contributed by atoms with E-state index in [4.69, 9.17) is 9.72 Å². The Labute approximate surface area is 126 Å². The number of nitrogens with zero attached hydrogens (tertiary/aromatic N) is 2. The summed E-state index contributed by atoms with van der Waals surface area (Å²) in [7, 11) is 1.76. The molecule has 4 heteroatoms. The van der Waals surface area contributed by atoms with Crippen molar-refractivity contribution in [3.63, 3.8) is 0 Å². The highest BCUT2D eigenvalue weighted by Crippen LogP contribution is 2.31. The van der Waals surface area contributed by atoms with Crippen LogP contribution in [-0.4, -0.2) is 29.8 Å². The van der Waals surface area contributed by atoms with Crippen molar-refractivity contribution in [3.05, 3.63) is 41.7 Å². The predicted molar refractivity (Wildman–Crippen MR) is 84.3 cm³/mol. The molecule has 21 heavy (non-hydrogen) atoms. The summed E-state index contributed by atoms with van der Waals surface area (Å²) >= 11 is 0. The third-order valence-corrected chi connectivity index (χ3v) is 4.02. The molecular formula is C17H23N3O. The molecule has 1 aliphatic heterocycles. The zero-order valence-electron chi connectivity index (χ0n) is 13.0. The Balaban J connectivity index is 2.17. The standard InChI is InChI=1S/C17H23N3O/c1-17(2,12-21-3)20-15-9-10-18-11-14(15)19-16(20)13-7-5-4-6-8-13/h4-8,18H,9-12H2,1-3H3. The number of hydrogen-bond acceptors (Lipinski definition) is 3. The molecule has 4 nitrogen and oxygen atoms in total. The van der Waals surface area contributed by atoms with Gasteiger partial charge < -0.3 is 14.6 Å². The van der Waals surface area contributed by atoms with E-state index in [1.165, 1.54) is 11.4 Å². The first-order valence-corrected chi connectivity index (χ1v) is 7.49. The predicted octanol–water partition coefficient (Wildman–Crippen LogP) is 2.58. The minimum absolute atomic E-state index is 0.113. The summed E-state index contributed by atoms with van der Waals surface area (Å²) in [5.74, 6) is 1.05. The molecule has 0 atom stereocenters. The van der Waals surface area contributed by atoms with E-state index in [0.717, 1.165) is 30.9 Å². The molecule has 0 saturated heterocycles. The minimum atomic E-state index is -0.113. The van der Waals surface area contributed by atoms with E-state index < -0.39 is 0 Å². The van der Waals surface area contributed by atoms with Gasteiger partial charge in [-0.3, -0.25) is 0 Å². The Morgan fingerprint density at radius 1 is 1.29 bits per heavy atom. The first-order chi connectivity index (χ1) is 10.1. The highest BCUT2D eigenvalue weighted by atomic mass is 16.5. The number of rotatable bonds is 4. The minimum Gasteiger partial charge on any atom is -0.382 e. The zero-order valence-corrected chi connectivity index (χ0v) is 13.0. The molecular weight excluding hydrogens is 262 g/mol. The van der Waals surface area contributed by atoms with Crippen LogP contribution in [0.3, 0.4) is 0 Å². The van der Waals surface area contributed by atoms with Crippen LogP contribution in [0.5, 0.6) is 0 Å². The molecule has 1 aromatic carbocycles. The van der Waals surface area contributed by atoms with Crippen LogP contribution < -0.4 is 5.32 Å². The molecule has 0 fully saturated rings. The van der Waals surface area contributed by atoms with Crippen molar-refractivity contribution >= 4 is 0 Å². The monoisotopic (exact) mass is 285 g/mol. The Bertz CT molecular complexity index is 616. The van der Waals surface area contributed by atoms with Gasteiger partial charge in [0.1, 0.15) is 5.82 Å². The second kappa shape index (κ2) is 5.62. The van der Waals surface area contributed by atoms with Crippen LogP contribution in [0.2, 0.25) is 0 Å². The topological polar surface area (TPSA) is 39.1 Å². The van der Waals surface area contributed by atoms with Crippen LogP contribution in [0.15, 0.2) is 30.3 Å². The van der Waals surface area contributed by atoms with Crippen molar-refractivity contribution in [1.82, 2.24) is 14.9 Å². The maximum absolute atomic E-state index is 5.45. The van der Waals surface area contributed by atoms with Crippen LogP contribution in [0.1, 0.15) is 25.2 Å². The second-order valence-electron chi connectivity index (χ2n) is 6.20. The zero-order chi connectivity index (χ0) is 14.9. The number of aromatic nitrogens is 2. The average molecular weight is 285 g/mol. The third kappa shape index (κ3) is 2.61. The van der Waals surface area contributed by atoms with E-state index in [2.05, 4.69) is 48.0 Å². The van der Waals surface area contributed by atoms with Crippen molar-refractivity contribution in [1.29, 1.82) is 0 Å². The first kappa shape index (κ1) is 14.3. The number of fused-ring (bicyclic) bond motifs is 1. The van der Waals surface area contributed by atoms with Crippen molar-refractivity contribution in [3.8, 4) is 11.4 Å². The summed E-state index contributed by atoms with van der Waals surface area (Å²) in [5, 5.41) is 3.41. The number of benzene rings is 1. The van der Waals surface area contributed by atoms with Gasteiger partial charge in [0.2, 0.25) is 0 Å². The maximum Gasteiger partial charge on any atom is 0.141 e. The molecule has 0 saturated carbocycles. The van der Waals surface area contributed by atoms with Crippen LogP contribution in [0, 0.1) is 0 Å². The number of imidazole rings is 1. The Morgan fingerprint density at radius 3 is 2.76 bits per heavy atom. The fraction of sp³-hybridized carbons (Fsp3) is 0.471. The number of nitrogens with one attached hydrogen (secondary N) is 1. The lowest BCUT2D eigenvalue weighted by molar-refractivity contribution is 0.108. The quantitative estimate of drug-likeness (QED) is 0.938. The van der Waals surface area contributed by atoms with E-state index in [9.17, 15) is 0 Å². The van der Waals surface area contributed by atoms with E-state index >= 15 is 0 Å². The molecule has 0 radical (unpaired) electrons. The highest BCUT2D eigenvalue weighted by Gasteiger charge is 2.30. The Morgan fingerprint density at radius 2 is 2.05 bits per heavy atom. The van der Waals surface area contributed by atoms with Gasteiger partial charge in [-0.25, -0.2) is 4.98 Å². The summed E-state index contributed by atoms with van der Waals surface area (Å²) < 4.78 is 7.83. The van der Waals surface area contributed by atoms with Gasteiger partial charge in [-0.1, -0.05) is 30.3 Å². The fourth-order valence-electron chi connectivity index (χ4n) is 3.16. The van der Waals surface area contributed by atoms with Crippen LogP contribution in [0.4, 0.5) is 0 Å². The van der Waals surface area contributed by atoms with Gasteiger partial charge in [0.15, 0.2) is 0 Å². The van der Waals surface area contributed by atoms with Gasteiger partial charge in [0.25, 0.3) is 0 Å². The van der Waals surface area contributed by atoms with Crippen LogP contribution >= 0.6 is 0 Å². The molecule has 0 aliphatic carbocycles. The van der Waals surface area contributed by atoms with Gasteiger partial charge in [-0.2, -0.15) is 0 Å². The van der Waals surface area contributed by atoms with Crippen molar-refractivity contribution < 1.29 is 4.74 Å². The molecule has 0 unspecified atom stereocenters. The molecule has 0 amide bonds. The molecule has 2 aromatic rings. The molecule has 3 rings (SSSR count). The second-order valence-corrected chi connectivity index (χ2v) is 6.20. The third-order valence-electron chi connectivity index (χ3n) is 4.02. The maximum atomic E-state index is 5.45. The van der Waals surface area contributed by atoms with Crippen LogP contribution in [-0.2, 0) is 23.2 Å². The van der Waals surface area contributed by atoms with Gasteiger partial charge in [-0.05, 0) is 13.8 Å². The van der Waals surface area contributed by atoms with Gasteiger partial charge in [0.05, 0.1) is 17.8 Å². The highest BCUT2D eigenvalue weighted by molar-refractivity contribution is 5.57. The summed E-state index contributed by atoms with van der Waals surface area (Å²) in [4.78, 5) is 4.91. The first-order valence-electron chi connectivity index (χ1n) is 7.49. The smallest absolute Gasteiger partial charge is 0.141 e. The molecule has 0 bridgehead atoms. The van der Waals surface area contributed by atoms with Crippen molar-refractivity contribution in [2.75, 3.05) is 20.3 Å². The van der Waals surface area contributed by atoms with Crippen molar-refractivity contribution in [2.24, 2.45) is 0 Å². The average Bonchev–Trinajstić information content (AvgIpc) is 2.88. The normalized spacial score (nSPS) is 15.0. The van der Waals surface area contributed by atoms with Gasteiger partial charge >= 0.3 is 0 Å². The largest absolute Gasteiger partial charge is 0.382 e.